The minimum Gasteiger partial charge on any atom is -0.497 e. The van der Waals surface area contributed by atoms with Crippen LogP contribution in [0.5, 0.6) is 5.75 Å². The molecule has 3 rings (SSSR count). The van der Waals surface area contributed by atoms with E-state index in [2.05, 4.69) is 5.32 Å². The third-order valence-electron chi connectivity index (χ3n) is 6.43. The Morgan fingerprint density at radius 3 is 2.45 bits per heavy atom. The first-order valence-corrected chi connectivity index (χ1v) is 9.91. The van der Waals surface area contributed by atoms with Gasteiger partial charge in [-0.2, -0.15) is 0 Å². The van der Waals surface area contributed by atoms with Crippen LogP contribution >= 0.6 is 0 Å². The SMILES string of the molecule is CCOC1CC(NC(=O)C(C)c2ccc3cc(OC)ccc3c2)(C(=O)O)C1(C)C. The molecule has 0 saturated heterocycles. The Bertz CT molecular complexity index is 938. The van der Waals surface area contributed by atoms with Gasteiger partial charge in [-0.1, -0.05) is 38.1 Å². The second-order valence-corrected chi connectivity index (χ2v) is 8.26. The third-order valence-corrected chi connectivity index (χ3v) is 6.43. The summed E-state index contributed by atoms with van der Waals surface area (Å²) in [4.78, 5) is 25.1. The highest BCUT2D eigenvalue weighted by Crippen LogP contribution is 2.51. The van der Waals surface area contributed by atoms with E-state index < -0.39 is 22.8 Å². The molecule has 1 aliphatic carbocycles. The molecule has 1 aliphatic rings. The largest absolute Gasteiger partial charge is 0.497 e. The molecule has 6 heteroatoms. The summed E-state index contributed by atoms with van der Waals surface area (Å²) >= 11 is 0. The van der Waals surface area contributed by atoms with Crippen molar-refractivity contribution < 1.29 is 24.2 Å². The van der Waals surface area contributed by atoms with Gasteiger partial charge in [-0.25, -0.2) is 4.79 Å². The lowest BCUT2D eigenvalue weighted by molar-refractivity contribution is -0.194. The molecule has 3 atom stereocenters. The smallest absolute Gasteiger partial charge is 0.330 e. The lowest BCUT2D eigenvalue weighted by atomic mass is 9.54. The Hall–Kier alpha value is -2.60. The molecule has 2 aromatic rings. The molecule has 0 heterocycles. The molecule has 0 spiro atoms. The third kappa shape index (κ3) is 3.46. The number of hydrogen-bond acceptors (Lipinski definition) is 4. The van der Waals surface area contributed by atoms with Crippen molar-refractivity contribution in [2.24, 2.45) is 5.41 Å². The normalized spacial score (nSPS) is 23.8. The van der Waals surface area contributed by atoms with Crippen LogP contribution in [0.1, 0.15) is 45.6 Å². The number of carbonyl (C=O) groups excluding carboxylic acids is 1. The quantitative estimate of drug-likeness (QED) is 0.741. The Morgan fingerprint density at radius 1 is 1.21 bits per heavy atom. The second-order valence-electron chi connectivity index (χ2n) is 8.26. The van der Waals surface area contributed by atoms with Gasteiger partial charge in [-0.05, 0) is 42.3 Å². The predicted octanol–water partition coefficient (Wildman–Crippen LogP) is 3.73. The molecule has 0 aromatic heterocycles. The molecule has 1 amide bonds. The summed E-state index contributed by atoms with van der Waals surface area (Å²) in [5.41, 5.74) is -1.20. The molecule has 0 aliphatic heterocycles. The molecule has 156 valence electrons. The lowest BCUT2D eigenvalue weighted by Crippen LogP contribution is -2.76. The summed E-state index contributed by atoms with van der Waals surface area (Å²) in [5.74, 6) is -1.04. The zero-order valence-corrected chi connectivity index (χ0v) is 17.6. The van der Waals surface area contributed by atoms with Crippen molar-refractivity contribution in [3.63, 3.8) is 0 Å². The first kappa shape index (κ1) is 21.1. The number of ether oxygens (including phenoxy) is 2. The number of nitrogens with one attached hydrogen (secondary N) is 1. The first-order valence-electron chi connectivity index (χ1n) is 9.91. The van der Waals surface area contributed by atoms with Crippen molar-refractivity contribution in [3.05, 3.63) is 42.0 Å². The lowest BCUT2D eigenvalue weighted by Gasteiger charge is -2.58. The van der Waals surface area contributed by atoms with Gasteiger partial charge >= 0.3 is 5.97 Å². The van der Waals surface area contributed by atoms with Gasteiger partial charge in [0.15, 0.2) is 0 Å². The van der Waals surface area contributed by atoms with Gasteiger partial charge in [0.25, 0.3) is 0 Å². The molecular weight excluding hydrogens is 370 g/mol. The Balaban J connectivity index is 1.82. The Labute approximate surface area is 171 Å². The zero-order valence-electron chi connectivity index (χ0n) is 17.6. The van der Waals surface area contributed by atoms with Crippen molar-refractivity contribution >= 4 is 22.6 Å². The Morgan fingerprint density at radius 2 is 1.86 bits per heavy atom. The molecule has 3 unspecified atom stereocenters. The van der Waals surface area contributed by atoms with E-state index in [1.165, 1.54) is 0 Å². The van der Waals surface area contributed by atoms with Crippen LogP contribution in [-0.2, 0) is 14.3 Å². The van der Waals surface area contributed by atoms with Crippen molar-refractivity contribution in [2.75, 3.05) is 13.7 Å². The van der Waals surface area contributed by atoms with E-state index in [9.17, 15) is 14.7 Å². The number of carboxylic acid groups (broad SMARTS) is 1. The van der Waals surface area contributed by atoms with Crippen LogP contribution in [0, 0.1) is 5.41 Å². The van der Waals surface area contributed by atoms with E-state index in [1.807, 2.05) is 57.2 Å². The second kappa shape index (κ2) is 7.67. The molecule has 2 aromatic carbocycles. The van der Waals surface area contributed by atoms with E-state index in [-0.39, 0.29) is 18.4 Å². The van der Waals surface area contributed by atoms with Gasteiger partial charge in [-0.3, -0.25) is 4.79 Å². The minimum absolute atomic E-state index is 0.199. The highest BCUT2D eigenvalue weighted by atomic mass is 16.5. The topological polar surface area (TPSA) is 84.9 Å². The first-order chi connectivity index (χ1) is 13.7. The maximum atomic E-state index is 13.0. The molecule has 1 fully saturated rings. The van der Waals surface area contributed by atoms with Gasteiger partial charge in [0.2, 0.25) is 5.91 Å². The van der Waals surface area contributed by atoms with Crippen LogP contribution in [0.3, 0.4) is 0 Å². The number of hydrogen-bond donors (Lipinski definition) is 2. The fraction of sp³-hybridized carbons (Fsp3) is 0.478. The van der Waals surface area contributed by atoms with Crippen LogP contribution in [0.2, 0.25) is 0 Å². The molecule has 29 heavy (non-hydrogen) atoms. The standard InChI is InChI=1S/C23H29NO5/c1-6-29-19-13-23(21(26)27,22(19,3)4)24-20(25)14(2)15-7-8-17-12-18(28-5)10-9-16(17)11-15/h7-12,14,19H,6,13H2,1-5H3,(H,24,25)(H,26,27). The maximum absolute atomic E-state index is 13.0. The van der Waals surface area contributed by atoms with Crippen LogP contribution in [-0.4, -0.2) is 42.3 Å². The van der Waals surface area contributed by atoms with E-state index in [1.54, 1.807) is 14.0 Å². The number of methoxy groups -OCH3 is 1. The summed E-state index contributed by atoms with van der Waals surface area (Å²) in [5, 5.41) is 14.8. The van der Waals surface area contributed by atoms with E-state index >= 15 is 0 Å². The molecular formula is C23H29NO5. The number of carbonyl (C=O) groups is 2. The summed E-state index contributed by atoms with van der Waals surface area (Å²) in [6, 6.07) is 11.6. The fourth-order valence-electron chi connectivity index (χ4n) is 4.15. The van der Waals surface area contributed by atoms with Gasteiger partial charge < -0.3 is 19.9 Å². The number of carboxylic acids is 1. The monoisotopic (exact) mass is 399 g/mol. The highest BCUT2D eigenvalue weighted by Gasteiger charge is 2.66. The minimum atomic E-state index is -1.33. The number of amides is 1. The van der Waals surface area contributed by atoms with Gasteiger partial charge in [0, 0.05) is 18.4 Å². The van der Waals surface area contributed by atoms with Crippen LogP contribution < -0.4 is 10.1 Å². The average Bonchev–Trinajstić information content (AvgIpc) is 2.70. The molecule has 2 N–H and O–H groups in total. The van der Waals surface area contributed by atoms with Crippen molar-refractivity contribution in [3.8, 4) is 5.75 Å². The predicted molar refractivity (Wildman–Crippen MR) is 111 cm³/mol. The summed E-state index contributed by atoms with van der Waals surface area (Å²) in [6.07, 6.45) is 0.0638. The van der Waals surface area contributed by atoms with Crippen molar-refractivity contribution in [1.82, 2.24) is 5.32 Å². The molecule has 0 bridgehead atoms. The summed E-state index contributed by atoms with van der Waals surface area (Å²) < 4.78 is 10.9. The van der Waals surface area contributed by atoms with E-state index in [4.69, 9.17) is 9.47 Å². The summed E-state index contributed by atoms with van der Waals surface area (Å²) in [6.45, 7) is 7.85. The molecule has 0 radical (unpaired) electrons. The average molecular weight is 399 g/mol. The summed E-state index contributed by atoms with van der Waals surface area (Å²) in [7, 11) is 1.62. The number of benzene rings is 2. The van der Waals surface area contributed by atoms with E-state index in [0.717, 1.165) is 22.1 Å². The van der Waals surface area contributed by atoms with Gasteiger partial charge in [-0.15, -0.1) is 0 Å². The van der Waals surface area contributed by atoms with E-state index in [0.29, 0.717) is 6.61 Å². The van der Waals surface area contributed by atoms with Crippen LogP contribution in [0.15, 0.2) is 36.4 Å². The number of aliphatic carboxylic acids is 1. The number of rotatable bonds is 7. The molecule has 1 saturated carbocycles. The van der Waals surface area contributed by atoms with Crippen LogP contribution in [0.4, 0.5) is 0 Å². The molecule has 6 nitrogen and oxygen atoms in total. The van der Waals surface area contributed by atoms with Crippen molar-refractivity contribution in [1.29, 1.82) is 0 Å². The Kier molecular flexibility index (Phi) is 5.59. The zero-order chi connectivity index (χ0) is 21.4. The number of fused-ring (bicyclic) bond motifs is 1. The maximum Gasteiger partial charge on any atom is 0.330 e. The highest BCUT2D eigenvalue weighted by molar-refractivity contribution is 5.93. The fourth-order valence-corrected chi connectivity index (χ4v) is 4.15. The van der Waals surface area contributed by atoms with Crippen LogP contribution in [0.25, 0.3) is 10.8 Å². The van der Waals surface area contributed by atoms with Gasteiger partial charge in [0.05, 0.1) is 19.1 Å². The van der Waals surface area contributed by atoms with Crippen molar-refractivity contribution in [2.45, 2.75) is 51.7 Å². The van der Waals surface area contributed by atoms with Gasteiger partial charge in [0.1, 0.15) is 11.3 Å².